The predicted molar refractivity (Wildman–Crippen MR) is 97.5 cm³/mol. The lowest BCUT2D eigenvalue weighted by Crippen LogP contribution is -2.45. The molecule has 4 unspecified atom stereocenters. The molecular weight excluding hydrogens is 336 g/mol. The third-order valence-electron chi connectivity index (χ3n) is 5.92. The summed E-state index contributed by atoms with van der Waals surface area (Å²) >= 11 is 0. The van der Waals surface area contributed by atoms with Crippen molar-refractivity contribution in [3.8, 4) is 0 Å². The molecule has 1 aromatic rings. The van der Waals surface area contributed by atoms with Gasteiger partial charge in [-0.25, -0.2) is 8.42 Å². The lowest BCUT2D eigenvalue weighted by molar-refractivity contribution is -0.122. The Morgan fingerprint density at radius 2 is 1.92 bits per heavy atom. The summed E-state index contributed by atoms with van der Waals surface area (Å²) in [6, 6.07) is 6.79. The molecule has 0 heterocycles. The fraction of sp³-hybridized carbons (Fsp3) is 0.632. The highest BCUT2D eigenvalue weighted by atomic mass is 32.2. The van der Waals surface area contributed by atoms with Gasteiger partial charge in [-0.15, -0.1) is 0 Å². The molecule has 1 N–H and O–H groups in total. The van der Waals surface area contributed by atoms with Crippen molar-refractivity contribution in [1.82, 2.24) is 9.62 Å². The van der Waals surface area contributed by atoms with Crippen molar-refractivity contribution >= 4 is 15.9 Å². The van der Waals surface area contributed by atoms with Crippen molar-refractivity contribution in [1.29, 1.82) is 0 Å². The van der Waals surface area contributed by atoms with Crippen LogP contribution in [0, 0.1) is 24.7 Å². The van der Waals surface area contributed by atoms with E-state index in [9.17, 15) is 13.2 Å². The molecule has 0 radical (unpaired) electrons. The molecule has 0 saturated heterocycles. The van der Waals surface area contributed by atoms with Crippen LogP contribution in [0.15, 0.2) is 29.2 Å². The van der Waals surface area contributed by atoms with E-state index in [1.165, 1.54) is 32.7 Å². The summed E-state index contributed by atoms with van der Waals surface area (Å²) in [5.74, 6) is 1.88. The Bertz CT molecular complexity index is 730. The summed E-state index contributed by atoms with van der Waals surface area (Å²) < 4.78 is 26.3. The second-order valence-corrected chi connectivity index (χ2v) is 9.81. The van der Waals surface area contributed by atoms with Crippen LogP contribution in [0.2, 0.25) is 0 Å². The van der Waals surface area contributed by atoms with Crippen LogP contribution in [-0.4, -0.2) is 38.3 Å². The van der Waals surface area contributed by atoms with Gasteiger partial charge in [0, 0.05) is 13.1 Å². The lowest BCUT2D eigenvalue weighted by Gasteiger charge is -2.29. The van der Waals surface area contributed by atoms with E-state index in [1.54, 1.807) is 24.3 Å². The van der Waals surface area contributed by atoms with E-state index in [0.717, 1.165) is 21.7 Å². The van der Waals surface area contributed by atoms with Crippen molar-refractivity contribution in [2.24, 2.45) is 17.8 Å². The number of fused-ring (bicyclic) bond motifs is 2. The van der Waals surface area contributed by atoms with Gasteiger partial charge in [0.15, 0.2) is 0 Å². The van der Waals surface area contributed by atoms with E-state index >= 15 is 0 Å². The number of hydrogen-bond donors (Lipinski definition) is 1. The van der Waals surface area contributed by atoms with Crippen molar-refractivity contribution < 1.29 is 13.2 Å². The zero-order chi connectivity index (χ0) is 18.2. The van der Waals surface area contributed by atoms with Gasteiger partial charge < -0.3 is 5.32 Å². The first-order chi connectivity index (χ1) is 11.8. The Kier molecular flexibility index (Phi) is 5.21. The maximum atomic E-state index is 12.6. The highest BCUT2D eigenvalue weighted by Crippen LogP contribution is 2.49. The third-order valence-corrected chi connectivity index (χ3v) is 7.74. The fourth-order valence-corrected chi connectivity index (χ4v) is 5.62. The molecule has 2 aliphatic carbocycles. The minimum absolute atomic E-state index is 0.110. The maximum absolute atomic E-state index is 12.6. The molecular formula is C19H28N2O3S. The van der Waals surface area contributed by atoms with Crippen LogP contribution in [0.5, 0.6) is 0 Å². The van der Waals surface area contributed by atoms with Gasteiger partial charge in [-0.05, 0) is 63.0 Å². The summed E-state index contributed by atoms with van der Waals surface area (Å²) in [5, 5.41) is 3.03. The fourth-order valence-electron chi connectivity index (χ4n) is 4.49. The Morgan fingerprint density at radius 3 is 2.48 bits per heavy atom. The first-order valence-electron chi connectivity index (χ1n) is 9.09. The molecule has 2 bridgehead atoms. The second-order valence-electron chi connectivity index (χ2n) is 7.77. The normalized spacial score (nSPS) is 26.8. The average molecular weight is 365 g/mol. The summed E-state index contributed by atoms with van der Waals surface area (Å²) in [4.78, 5) is 12.6. The predicted octanol–water partition coefficient (Wildman–Crippen LogP) is 2.56. The van der Waals surface area contributed by atoms with Crippen LogP contribution >= 0.6 is 0 Å². The van der Waals surface area contributed by atoms with Gasteiger partial charge in [0.25, 0.3) is 0 Å². The van der Waals surface area contributed by atoms with Crippen LogP contribution < -0.4 is 5.32 Å². The number of aryl methyl sites for hydroxylation is 1. The van der Waals surface area contributed by atoms with Gasteiger partial charge in [-0.2, -0.15) is 4.31 Å². The molecule has 2 aliphatic rings. The number of nitrogens with zero attached hydrogens (tertiary/aromatic N) is 1. The second kappa shape index (κ2) is 7.08. The zero-order valence-electron chi connectivity index (χ0n) is 15.2. The molecule has 25 heavy (non-hydrogen) atoms. The maximum Gasteiger partial charge on any atom is 0.243 e. The van der Waals surface area contributed by atoms with E-state index in [-0.39, 0.29) is 23.4 Å². The standard InChI is InChI=1S/C19H28N2O3S/c1-13-4-8-17(9-5-13)25(23,24)21(3)12-19(22)20-14(2)18-11-15-6-7-16(18)10-15/h4-5,8-9,14-16,18H,6-7,10-12H2,1-3H3,(H,20,22). The van der Waals surface area contributed by atoms with Crippen LogP contribution in [0.25, 0.3) is 0 Å². The van der Waals surface area contributed by atoms with Crippen molar-refractivity contribution in [3.63, 3.8) is 0 Å². The number of sulfonamides is 1. The van der Waals surface area contributed by atoms with Gasteiger partial charge in [-0.1, -0.05) is 24.1 Å². The molecule has 0 spiro atoms. The van der Waals surface area contributed by atoms with E-state index in [2.05, 4.69) is 12.2 Å². The first kappa shape index (κ1) is 18.4. The number of hydrogen-bond acceptors (Lipinski definition) is 3. The smallest absolute Gasteiger partial charge is 0.243 e. The van der Waals surface area contributed by atoms with Gasteiger partial charge in [0.2, 0.25) is 15.9 Å². The van der Waals surface area contributed by atoms with Crippen LogP contribution in [0.1, 0.15) is 38.2 Å². The molecule has 6 heteroatoms. The minimum Gasteiger partial charge on any atom is -0.352 e. The average Bonchev–Trinajstić information content (AvgIpc) is 3.18. The Morgan fingerprint density at radius 1 is 1.24 bits per heavy atom. The number of likely N-dealkylation sites (N-methyl/N-ethyl adjacent to an activating group) is 1. The minimum atomic E-state index is -3.64. The van der Waals surface area contributed by atoms with Crippen molar-refractivity contribution in [3.05, 3.63) is 29.8 Å². The van der Waals surface area contributed by atoms with Gasteiger partial charge in [-0.3, -0.25) is 4.79 Å². The largest absolute Gasteiger partial charge is 0.352 e. The van der Waals surface area contributed by atoms with Crippen molar-refractivity contribution in [2.45, 2.75) is 50.5 Å². The van der Waals surface area contributed by atoms with Crippen LogP contribution in [0.4, 0.5) is 0 Å². The number of carbonyl (C=O) groups is 1. The Hall–Kier alpha value is -1.40. The zero-order valence-corrected chi connectivity index (χ0v) is 16.1. The molecule has 1 amide bonds. The third kappa shape index (κ3) is 3.90. The summed E-state index contributed by atoms with van der Waals surface area (Å²) in [6.45, 7) is 3.81. The molecule has 2 fully saturated rings. The molecule has 138 valence electrons. The topological polar surface area (TPSA) is 66.5 Å². The first-order valence-corrected chi connectivity index (χ1v) is 10.5. The highest BCUT2D eigenvalue weighted by Gasteiger charge is 2.42. The van der Waals surface area contributed by atoms with E-state index in [4.69, 9.17) is 0 Å². The molecule has 2 saturated carbocycles. The SMILES string of the molecule is Cc1ccc(S(=O)(=O)N(C)CC(=O)NC(C)C2CC3CCC2C3)cc1. The summed E-state index contributed by atoms with van der Waals surface area (Å²) in [6.07, 6.45) is 5.10. The monoisotopic (exact) mass is 364 g/mol. The molecule has 0 aliphatic heterocycles. The van der Waals surface area contributed by atoms with Crippen molar-refractivity contribution in [2.75, 3.05) is 13.6 Å². The van der Waals surface area contributed by atoms with Gasteiger partial charge in [0.1, 0.15) is 0 Å². The van der Waals surface area contributed by atoms with E-state index in [1.807, 2.05) is 6.92 Å². The number of rotatable bonds is 6. The molecule has 5 nitrogen and oxygen atoms in total. The molecule has 0 aromatic heterocycles. The Labute approximate surface area is 150 Å². The quantitative estimate of drug-likeness (QED) is 0.844. The lowest BCUT2D eigenvalue weighted by atomic mass is 9.84. The van der Waals surface area contributed by atoms with Gasteiger partial charge >= 0.3 is 0 Å². The Balaban J connectivity index is 1.57. The number of carbonyl (C=O) groups excluding carboxylic acids is 1. The number of benzene rings is 1. The van der Waals surface area contributed by atoms with Gasteiger partial charge in [0.05, 0.1) is 11.4 Å². The summed E-state index contributed by atoms with van der Waals surface area (Å²) in [5.41, 5.74) is 0.999. The molecule has 4 atom stereocenters. The summed E-state index contributed by atoms with van der Waals surface area (Å²) in [7, 11) is -2.19. The van der Waals surface area contributed by atoms with E-state index in [0.29, 0.717) is 5.92 Å². The highest BCUT2D eigenvalue weighted by molar-refractivity contribution is 7.89. The van der Waals surface area contributed by atoms with E-state index < -0.39 is 10.0 Å². The number of amides is 1. The number of nitrogens with one attached hydrogen (secondary N) is 1. The van der Waals surface area contributed by atoms with Crippen LogP contribution in [-0.2, 0) is 14.8 Å². The molecule has 1 aromatic carbocycles. The van der Waals surface area contributed by atoms with Crippen LogP contribution in [0.3, 0.4) is 0 Å². The molecule has 3 rings (SSSR count).